The number of aromatic amines is 1. The Balaban J connectivity index is 1.96. The summed E-state index contributed by atoms with van der Waals surface area (Å²) in [5.74, 6) is -0.128. The Labute approximate surface area is 128 Å². The molecule has 3 aromatic rings. The molecule has 0 aliphatic carbocycles. The van der Waals surface area contributed by atoms with E-state index in [0.717, 1.165) is 23.3 Å². The van der Waals surface area contributed by atoms with E-state index in [-0.39, 0.29) is 11.7 Å². The van der Waals surface area contributed by atoms with E-state index in [1.54, 1.807) is 12.3 Å². The van der Waals surface area contributed by atoms with Crippen molar-refractivity contribution in [2.75, 3.05) is 5.32 Å². The highest BCUT2D eigenvalue weighted by atomic mass is 35.5. The van der Waals surface area contributed by atoms with Crippen LogP contribution in [-0.4, -0.2) is 16.1 Å². The van der Waals surface area contributed by atoms with Gasteiger partial charge in [0.2, 0.25) is 0 Å². The van der Waals surface area contributed by atoms with E-state index in [4.69, 9.17) is 11.6 Å². The molecule has 2 aromatic heterocycles. The minimum absolute atomic E-state index is 0.333. The number of hydrogen-bond acceptors (Lipinski definition) is 3. The summed E-state index contributed by atoms with van der Waals surface area (Å²) >= 11 is 7.38. The van der Waals surface area contributed by atoms with Crippen LogP contribution in [-0.2, 0) is 6.42 Å². The summed E-state index contributed by atoms with van der Waals surface area (Å²) in [5.41, 5.74) is 0.909. The predicted octanol–water partition coefficient (Wildman–Crippen LogP) is 4.23. The minimum atomic E-state index is -0.353. The van der Waals surface area contributed by atoms with Crippen LogP contribution in [0.1, 0.15) is 22.2 Å². The zero-order valence-electron chi connectivity index (χ0n) is 11.0. The average molecular weight is 324 g/mol. The standard InChI is InChI=1S/C14H11ClFN3OS/c1-2-7-6-17-19-13(7)18-14(20)12-11(15)9-4-3-8(16)5-10(9)21-12/h3-6H,2H2,1H3,(H2,17,18,19,20). The number of carbonyl (C=O) groups is 1. The SMILES string of the molecule is CCc1cn[nH]c1NC(=O)c1sc2cc(F)ccc2c1Cl. The normalized spacial score (nSPS) is 11.0. The predicted molar refractivity (Wildman–Crippen MR) is 82.7 cm³/mol. The number of H-pyrrole nitrogens is 1. The van der Waals surface area contributed by atoms with Crippen LogP contribution in [0.2, 0.25) is 5.02 Å². The Morgan fingerprint density at radius 3 is 3.10 bits per heavy atom. The van der Waals surface area contributed by atoms with Crippen molar-refractivity contribution in [1.82, 2.24) is 10.2 Å². The number of benzene rings is 1. The first-order chi connectivity index (χ1) is 10.1. The number of rotatable bonds is 3. The third-order valence-corrected chi connectivity index (χ3v) is 4.79. The second-order valence-electron chi connectivity index (χ2n) is 4.46. The van der Waals surface area contributed by atoms with Crippen molar-refractivity contribution in [3.8, 4) is 0 Å². The first kappa shape index (κ1) is 14.0. The number of nitrogens with zero attached hydrogens (tertiary/aromatic N) is 1. The van der Waals surface area contributed by atoms with Crippen LogP contribution in [0.4, 0.5) is 10.2 Å². The summed E-state index contributed by atoms with van der Waals surface area (Å²) in [6, 6.07) is 4.27. The quantitative estimate of drug-likeness (QED) is 0.757. The highest BCUT2D eigenvalue weighted by Crippen LogP contribution is 2.36. The molecule has 2 N–H and O–H groups in total. The maximum Gasteiger partial charge on any atom is 0.268 e. The van der Waals surface area contributed by atoms with Gasteiger partial charge in [0.1, 0.15) is 16.5 Å². The molecule has 0 saturated carbocycles. The molecule has 0 bridgehead atoms. The highest BCUT2D eigenvalue weighted by molar-refractivity contribution is 7.21. The molecule has 4 nitrogen and oxygen atoms in total. The van der Waals surface area contributed by atoms with E-state index in [9.17, 15) is 9.18 Å². The summed E-state index contributed by atoms with van der Waals surface area (Å²) in [6.07, 6.45) is 2.41. The zero-order valence-corrected chi connectivity index (χ0v) is 12.6. The number of anilines is 1. The van der Waals surface area contributed by atoms with Crippen molar-refractivity contribution in [1.29, 1.82) is 0 Å². The summed E-state index contributed by atoms with van der Waals surface area (Å²) in [4.78, 5) is 12.7. The number of aryl methyl sites for hydroxylation is 1. The minimum Gasteiger partial charge on any atom is -0.306 e. The lowest BCUT2D eigenvalue weighted by molar-refractivity contribution is 0.103. The third kappa shape index (κ3) is 2.52. The molecule has 3 rings (SSSR count). The van der Waals surface area contributed by atoms with Crippen molar-refractivity contribution in [2.45, 2.75) is 13.3 Å². The molecule has 0 radical (unpaired) electrons. The molecule has 0 unspecified atom stereocenters. The third-order valence-electron chi connectivity index (χ3n) is 3.14. The van der Waals surface area contributed by atoms with Crippen LogP contribution in [0.15, 0.2) is 24.4 Å². The van der Waals surface area contributed by atoms with Gasteiger partial charge >= 0.3 is 0 Å². The van der Waals surface area contributed by atoms with Gasteiger partial charge in [0.05, 0.1) is 11.2 Å². The molecule has 108 valence electrons. The summed E-state index contributed by atoms with van der Waals surface area (Å²) in [7, 11) is 0. The van der Waals surface area contributed by atoms with Crippen LogP contribution in [0, 0.1) is 5.82 Å². The summed E-state index contributed by atoms with van der Waals surface area (Å²) < 4.78 is 13.9. The number of thiophene rings is 1. The number of nitrogens with one attached hydrogen (secondary N) is 2. The number of fused-ring (bicyclic) bond motifs is 1. The number of aromatic nitrogens is 2. The Hall–Kier alpha value is -1.92. The Morgan fingerprint density at radius 2 is 2.33 bits per heavy atom. The van der Waals surface area contributed by atoms with Gasteiger partial charge in [-0.05, 0) is 24.6 Å². The van der Waals surface area contributed by atoms with Gasteiger partial charge in [-0.2, -0.15) is 5.10 Å². The van der Waals surface area contributed by atoms with Gasteiger partial charge in [-0.3, -0.25) is 9.89 Å². The molecule has 0 aliphatic heterocycles. The second-order valence-corrected chi connectivity index (χ2v) is 5.89. The first-order valence-corrected chi connectivity index (χ1v) is 7.50. The topological polar surface area (TPSA) is 57.8 Å². The Morgan fingerprint density at radius 1 is 1.52 bits per heavy atom. The Kier molecular flexibility index (Phi) is 3.65. The monoisotopic (exact) mass is 323 g/mol. The van der Waals surface area contributed by atoms with Crippen LogP contribution < -0.4 is 5.32 Å². The fourth-order valence-electron chi connectivity index (χ4n) is 2.04. The van der Waals surface area contributed by atoms with Gasteiger partial charge in [-0.1, -0.05) is 18.5 Å². The van der Waals surface area contributed by atoms with Gasteiger partial charge in [0.25, 0.3) is 5.91 Å². The van der Waals surface area contributed by atoms with E-state index >= 15 is 0 Å². The molecule has 7 heteroatoms. The molecule has 1 amide bonds. The lowest BCUT2D eigenvalue weighted by Gasteiger charge is -2.03. The molecule has 0 spiro atoms. The first-order valence-electron chi connectivity index (χ1n) is 6.31. The molecule has 0 atom stereocenters. The van der Waals surface area contributed by atoms with E-state index in [1.165, 1.54) is 12.1 Å². The second kappa shape index (κ2) is 5.46. The smallest absolute Gasteiger partial charge is 0.268 e. The molecule has 2 heterocycles. The number of carbonyl (C=O) groups excluding carboxylic acids is 1. The fourth-order valence-corrected chi connectivity index (χ4v) is 3.48. The lowest BCUT2D eigenvalue weighted by Crippen LogP contribution is -2.12. The molecule has 1 aromatic carbocycles. The summed E-state index contributed by atoms with van der Waals surface area (Å²) in [5, 5.41) is 10.4. The van der Waals surface area contributed by atoms with Crippen LogP contribution in [0.5, 0.6) is 0 Å². The van der Waals surface area contributed by atoms with Crippen molar-refractivity contribution in [3.05, 3.63) is 45.7 Å². The molecule has 0 saturated heterocycles. The number of amides is 1. The number of hydrogen-bond donors (Lipinski definition) is 2. The van der Waals surface area contributed by atoms with Gasteiger partial charge in [0, 0.05) is 15.6 Å². The molecule has 0 aliphatic rings. The Bertz CT molecular complexity index is 827. The van der Waals surface area contributed by atoms with E-state index in [1.807, 2.05) is 6.92 Å². The van der Waals surface area contributed by atoms with Gasteiger partial charge in [-0.15, -0.1) is 11.3 Å². The van der Waals surface area contributed by atoms with E-state index in [2.05, 4.69) is 15.5 Å². The maximum atomic E-state index is 13.2. The number of halogens is 2. The van der Waals surface area contributed by atoms with Crippen LogP contribution >= 0.6 is 22.9 Å². The zero-order chi connectivity index (χ0) is 15.0. The molecular formula is C14H11ClFN3OS. The van der Waals surface area contributed by atoms with Crippen molar-refractivity contribution >= 4 is 44.7 Å². The van der Waals surface area contributed by atoms with E-state index in [0.29, 0.717) is 25.8 Å². The van der Waals surface area contributed by atoms with E-state index < -0.39 is 0 Å². The fraction of sp³-hybridized carbons (Fsp3) is 0.143. The van der Waals surface area contributed by atoms with Gasteiger partial charge in [-0.25, -0.2) is 4.39 Å². The molecule has 0 fully saturated rings. The maximum absolute atomic E-state index is 13.2. The largest absolute Gasteiger partial charge is 0.306 e. The van der Waals surface area contributed by atoms with Crippen molar-refractivity contribution in [3.63, 3.8) is 0 Å². The molecular weight excluding hydrogens is 313 g/mol. The van der Waals surface area contributed by atoms with Crippen molar-refractivity contribution in [2.24, 2.45) is 0 Å². The van der Waals surface area contributed by atoms with Crippen LogP contribution in [0.3, 0.4) is 0 Å². The average Bonchev–Trinajstić information content (AvgIpc) is 3.03. The van der Waals surface area contributed by atoms with Crippen molar-refractivity contribution < 1.29 is 9.18 Å². The van der Waals surface area contributed by atoms with Gasteiger partial charge < -0.3 is 5.32 Å². The highest BCUT2D eigenvalue weighted by Gasteiger charge is 2.18. The summed E-state index contributed by atoms with van der Waals surface area (Å²) in [6.45, 7) is 1.97. The van der Waals surface area contributed by atoms with Crippen LogP contribution in [0.25, 0.3) is 10.1 Å². The lowest BCUT2D eigenvalue weighted by atomic mass is 10.2. The van der Waals surface area contributed by atoms with Gasteiger partial charge in [0.15, 0.2) is 0 Å². The molecule has 21 heavy (non-hydrogen) atoms.